The van der Waals surface area contributed by atoms with Crippen molar-refractivity contribution >= 4 is 17.7 Å². The van der Waals surface area contributed by atoms with Crippen LogP contribution in [0.2, 0.25) is 0 Å². The van der Waals surface area contributed by atoms with E-state index in [-0.39, 0.29) is 28.8 Å². The van der Waals surface area contributed by atoms with E-state index in [1.807, 2.05) is 0 Å². The van der Waals surface area contributed by atoms with E-state index in [9.17, 15) is 22.4 Å². The van der Waals surface area contributed by atoms with Crippen molar-refractivity contribution in [1.29, 1.82) is 5.26 Å². The highest BCUT2D eigenvalue weighted by molar-refractivity contribution is 5.76. The summed E-state index contributed by atoms with van der Waals surface area (Å²) in [4.78, 5) is 10.2. The number of rotatable bonds is 3. The molecule has 126 valence electrons. The molecule has 0 spiro atoms. The number of anilines is 2. The van der Waals surface area contributed by atoms with Gasteiger partial charge in [0.1, 0.15) is 29.3 Å². The Labute approximate surface area is 135 Å². The van der Waals surface area contributed by atoms with Crippen molar-refractivity contribution < 1.29 is 22.4 Å². The van der Waals surface area contributed by atoms with E-state index in [1.165, 1.54) is 14.1 Å². The third-order valence-corrected chi connectivity index (χ3v) is 2.93. The van der Waals surface area contributed by atoms with Crippen LogP contribution in [0.25, 0.3) is 0 Å². The predicted molar refractivity (Wildman–Crippen MR) is 81.9 cm³/mol. The van der Waals surface area contributed by atoms with Crippen LogP contribution in [-0.2, 0) is 0 Å². The second kappa shape index (κ2) is 8.53. The number of nitriles is 1. The number of nitrogens with zero attached hydrogens (tertiary/aromatic N) is 1. The zero-order chi connectivity index (χ0) is 18.3. The second-order valence-corrected chi connectivity index (χ2v) is 4.40. The van der Waals surface area contributed by atoms with Gasteiger partial charge in [-0.25, -0.2) is 17.6 Å². The number of hydrogen-bond acceptors (Lipinski definition) is 4. The van der Waals surface area contributed by atoms with Gasteiger partial charge in [0.2, 0.25) is 0 Å². The van der Waals surface area contributed by atoms with Gasteiger partial charge < -0.3 is 10.6 Å². The summed E-state index contributed by atoms with van der Waals surface area (Å²) in [7, 11) is 2.95. The van der Waals surface area contributed by atoms with E-state index in [1.54, 1.807) is 6.07 Å². The topological polar surface area (TPSA) is 64.9 Å². The van der Waals surface area contributed by atoms with Crippen molar-refractivity contribution in [2.75, 3.05) is 24.7 Å². The van der Waals surface area contributed by atoms with Gasteiger partial charge in [0.15, 0.2) is 6.29 Å². The van der Waals surface area contributed by atoms with Crippen LogP contribution in [0.5, 0.6) is 0 Å². The molecule has 24 heavy (non-hydrogen) atoms. The molecule has 8 heteroatoms. The van der Waals surface area contributed by atoms with Crippen LogP contribution in [0.3, 0.4) is 0 Å². The summed E-state index contributed by atoms with van der Waals surface area (Å²) in [5.41, 5.74) is -0.470. The fraction of sp³-hybridized carbons (Fsp3) is 0.125. The van der Waals surface area contributed by atoms with Gasteiger partial charge in [-0.05, 0) is 12.1 Å². The first-order valence-corrected chi connectivity index (χ1v) is 6.56. The van der Waals surface area contributed by atoms with E-state index in [0.29, 0.717) is 0 Å². The fourth-order valence-corrected chi connectivity index (χ4v) is 1.67. The molecule has 0 atom stereocenters. The Morgan fingerprint density at radius 3 is 1.83 bits per heavy atom. The van der Waals surface area contributed by atoms with Crippen molar-refractivity contribution in [3.05, 3.63) is 58.7 Å². The van der Waals surface area contributed by atoms with Gasteiger partial charge in [0.05, 0.1) is 22.5 Å². The quantitative estimate of drug-likeness (QED) is 0.661. The number of hydrogen-bond donors (Lipinski definition) is 2. The predicted octanol–water partition coefficient (Wildman–Crippen LogP) is 3.70. The lowest BCUT2D eigenvalue weighted by molar-refractivity contribution is 0.111. The summed E-state index contributed by atoms with van der Waals surface area (Å²) >= 11 is 0. The third kappa shape index (κ3) is 4.46. The second-order valence-electron chi connectivity index (χ2n) is 4.40. The van der Waals surface area contributed by atoms with Crippen LogP contribution in [0.1, 0.15) is 15.9 Å². The van der Waals surface area contributed by atoms with Crippen molar-refractivity contribution in [3.63, 3.8) is 0 Å². The first-order valence-electron chi connectivity index (χ1n) is 6.56. The SMILES string of the molecule is CNc1cc(F)c(C#N)cc1F.CNc1cc(F)c(C=O)cc1F. The molecule has 2 N–H and O–H groups in total. The van der Waals surface area contributed by atoms with E-state index >= 15 is 0 Å². The molecule has 0 amide bonds. The zero-order valence-corrected chi connectivity index (χ0v) is 12.8. The minimum atomic E-state index is -0.726. The molecule has 0 saturated heterocycles. The largest absolute Gasteiger partial charge is 0.386 e. The van der Waals surface area contributed by atoms with Crippen LogP contribution in [0, 0.1) is 34.6 Å². The highest BCUT2D eigenvalue weighted by atomic mass is 19.1. The summed E-state index contributed by atoms with van der Waals surface area (Å²) in [6, 6.07) is 5.16. The van der Waals surface area contributed by atoms with Gasteiger partial charge in [-0.3, -0.25) is 4.79 Å². The van der Waals surface area contributed by atoms with Gasteiger partial charge >= 0.3 is 0 Å². The van der Waals surface area contributed by atoms with Crippen LogP contribution in [-0.4, -0.2) is 20.4 Å². The van der Waals surface area contributed by atoms with Crippen molar-refractivity contribution in [1.82, 2.24) is 0 Å². The Morgan fingerprint density at radius 2 is 1.38 bits per heavy atom. The molecule has 0 saturated carbocycles. The molecule has 0 bridgehead atoms. The molecule has 4 nitrogen and oxygen atoms in total. The highest BCUT2D eigenvalue weighted by Gasteiger charge is 2.08. The first kappa shape index (κ1) is 19.0. The van der Waals surface area contributed by atoms with Crippen LogP contribution in [0.4, 0.5) is 28.9 Å². The molecule has 0 aliphatic rings. The van der Waals surface area contributed by atoms with Crippen LogP contribution in [0.15, 0.2) is 24.3 Å². The molecule has 0 aromatic heterocycles. The highest BCUT2D eigenvalue weighted by Crippen LogP contribution is 2.18. The minimum Gasteiger partial charge on any atom is -0.386 e. The summed E-state index contributed by atoms with van der Waals surface area (Å²) in [6.45, 7) is 0. The monoisotopic (exact) mass is 339 g/mol. The number of benzene rings is 2. The summed E-state index contributed by atoms with van der Waals surface area (Å²) < 4.78 is 51.2. The number of aldehydes is 1. The van der Waals surface area contributed by atoms with Crippen molar-refractivity contribution in [2.24, 2.45) is 0 Å². The molecule has 2 aromatic carbocycles. The van der Waals surface area contributed by atoms with Gasteiger partial charge in [0.25, 0.3) is 0 Å². The van der Waals surface area contributed by atoms with E-state index in [2.05, 4.69) is 10.6 Å². The summed E-state index contributed by atoms with van der Waals surface area (Å²) in [5.74, 6) is -2.71. The average Bonchev–Trinajstić information content (AvgIpc) is 2.58. The summed E-state index contributed by atoms with van der Waals surface area (Å²) in [6.07, 6.45) is 0.276. The van der Waals surface area contributed by atoms with Gasteiger partial charge in [0, 0.05) is 26.2 Å². The Hall–Kier alpha value is -3.08. The number of nitrogens with one attached hydrogen (secondary N) is 2. The Kier molecular flexibility index (Phi) is 6.74. The molecular formula is C16H13F4N3O. The number of carbonyl (C=O) groups is 1. The van der Waals surface area contributed by atoms with Crippen molar-refractivity contribution in [3.8, 4) is 6.07 Å². The molecule has 0 radical (unpaired) electrons. The molecule has 0 fully saturated rings. The van der Waals surface area contributed by atoms with Gasteiger partial charge in [-0.15, -0.1) is 0 Å². The first-order chi connectivity index (χ1) is 11.4. The molecule has 2 rings (SSSR count). The lowest BCUT2D eigenvalue weighted by Crippen LogP contribution is -1.97. The van der Waals surface area contributed by atoms with E-state index < -0.39 is 23.3 Å². The molecule has 0 aliphatic heterocycles. The molecule has 0 unspecified atom stereocenters. The Bertz CT molecular complexity index is 787. The minimum absolute atomic E-state index is 0.0399. The fourth-order valence-electron chi connectivity index (χ4n) is 1.67. The maximum atomic E-state index is 12.8. The molecule has 0 aliphatic carbocycles. The standard InChI is InChI=1S/C8H6F2N2.C8H7F2NO/c1-12-8-3-6(9)5(4-11)2-7(8)10;1-11-8-3-6(9)5(4-12)2-7(8)10/h2-3,12H,1H3;2-4,11H,1H3. The lowest BCUT2D eigenvalue weighted by atomic mass is 10.2. The Morgan fingerprint density at radius 1 is 0.875 bits per heavy atom. The Balaban J connectivity index is 0.000000240. The van der Waals surface area contributed by atoms with Crippen LogP contribution >= 0.6 is 0 Å². The molecule has 2 aromatic rings. The van der Waals surface area contributed by atoms with Gasteiger partial charge in [-0.2, -0.15) is 5.26 Å². The molecule has 0 heterocycles. The third-order valence-electron chi connectivity index (χ3n) is 2.93. The van der Waals surface area contributed by atoms with Gasteiger partial charge in [-0.1, -0.05) is 0 Å². The summed E-state index contributed by atoms with van der Waals surface area (Å²) in [5, 5.41) is 13.2. The average molecular weight is 339 g/mol. The maximum Gasteiger partial charge on any atom is 0.153 e. The normalized spacial score (nSPS) is 9.38. The van der Waals surface area contributed by atoms with E-state index in [4.69, 9.17) is 5.26 Å². The van der Waals surface area contributed by atoms with Crippen molar-refractivity contribution in [2.45, 2.75) is 0 Å². The lowest BCUT2D eigenvalue weighted by Gasteiger charge is -2.02. The van der Waals surface area contributed by atoms with E-state index in [0.717, 1.165) is 24.3 Å². The number of carbonyl (C=O) groups excluding carboxylic acids is 1. The molecular weight excluding hydrogens is 326 g/mol. The van der Waals surface area contributed by atoms with Crippen LogP contribution < -0.4 is 10.6 Å². The maximum absolute atomic E-state index is 12.8. The number of halogens is 4. The zero-order valence-electron chi connectivity index (χ0n) is 12.8. The smallest absolute Gasteiger partial charge is 0.153 e.